The van der Waals surface area contributed by atoms with Crippen molar-refractivity contribution in [2.45, 2.75) is 25.3 Å². The van der Waals surface area contributed by atoms with Gasteiger partial charge in [0.1, 0.15) is 5.75 Å². The van der Waals surface area contributed by atoms with Gasteiger partial charge in [0.05, 0.1) is 11.4 Å². The van der Waals surface area contributed by atoms with Gasteiger partial charge in [-0.15, -0.1) is 0 Å². The van der Waals surface area contributed by atoms with Crippen LogP contribution in [0.2, 0.25) is 0 Å². The van der Waals surface area contributed by atoms with Crippen LogP contribution in [-0.2, 0) is 6.54 Å². The Morgan fingerprint density at radius 3 is 2.82 bits per heavy atom. The smallest absolute Gasteiger partial charge is 0.117 e. The van der Waals surface area contributed by atoms with Crippen LogP contribution in [0.1, 0.15) is 30.1 Å². The summed E-state index contributed by atoms with van der Waals surface area (Å²) in [6.45, 7) is 0.450. The first-order chi connectivity index (χ1) is 8.28. The van der Waals surface area contributed by atoms with E-state index in [1.165, 1.54) is 18.5 Å². The fourth-order valence-electron chi connectivity index (χ4n) is 2.05. The Morgan fingerprint density at radius 2 is 2.18 bits per heavy atom. The van der Waals surface area contributed by atoms with Crippen LogP contribution in [-0.4, -0.2) is 14.9 Å². The molecule has 88 valence electrons. The molecule has 4 heteroatoms. The number of rotatable bonds is 3. The molecule has 0 amide bonds. The molecule has 1 aromatic carbocycles. The van der Waals surface area contributed by atoms with E-state index in [1.54, 1.807) is 12.1 Å². The molecule has 0 saturated heterocycles. The highest BCUT2D eigenvalue weighted by Gasteiger charge is 2.28. The van der Waals surface area contributed by atoms with Crippen LogP contribution < -0.4 is 5.73 Å². The second-order valence-corrected chi connectivity index (χ2v) is 4.47. The molecule has 0 bridgehead atoms. The predicted octanol–water partition coefficient (Wildman–Crippen LogP) is 1.91. The van der Waals surface area contributed by atoms with Crippen LogP contribution in [0.3, 0.4) is 0 Å². The zero-order chi connectivity index (χ0) is 11.8. The quantitative estimate of drug-likeness (QED) is 0.845. The molecule has 0 unspecified atom stereocenters. The first-order valence-corrected chi connectivity index (χ1v) is 5.86. The summed E-state index contributed by atoms with van der Waals surface area (Å²) in [6, 6.07) is 9.22. The van der Waals surface area contributed by atoms with E-state index in [-0.39, 0.29) is 5.75 Å². The first-order valence-electron chi connectivity index (χ1n) is 5.86. The van der Waals surface area contributed by atoms with Crippen molar-refractivity contribution < 1.29 is 5.11 Å². The van der Waals surface area contributed by atoms with Crippen molar-refractivity contribution in [3.63, 3.8) is 0 Å². The third-order valence-electron chi connectivity index (χ3n) is 3.07. The molecule has 0 atom stereocenters. The number of hydrogen-bond acceptors (Lipinski definition) is 3. The Morgan fingerprint density at radius 1 is 1.35 bits per heavy atom. The summed E-state index contributed by atoms with van der Waals surface area (Å²) in [6.07, 6.45) is 2.43. The monoisotopic (exact) mass is 229 g/mol. The van der Waals surface area contributed by atoms with Gasteiger partial charge in [0.15, 0.2) is 0 Å². The molecular formula is C13H15N3O. The van der Waals surface area contributed by atoms with Crippen molar-refractivity contribution in [3.05, 3.63) is 41.7 Å². The van der Waals surface area contributed by atoms with Crippen LogP contribution in [0.5, 0.6) is 5.75 Å². The number of aromatic hydroxyl groups is 1. The average molecular weight is 229 g/mol. The van der Waals surface area contributed by atoms with Gasteiger partial charge in [-0.2, -0.15) is 5.10 Å². The third-order valence-corrected chi connectivity index (χ3v) is 3.07. The number of hydrogen-bond donors (Lipinski definition) is 2. The molecule has 17 heavy (non-hydrogen) atoms. The van der Waals surface area contributed by atoms with E-state index in [0.717, 1.165) is 11.4 Å². The molecule has 3 N–H and O–H groups in total. The Balaban J connectivity index is 2.09. The zero-order valence-corrected chi connectivity index (χ0v) is 9.50. The molecule has 0 aliphatic heterocycles. The van der Waals surface area contributed by atoms with Gasteiger partial charge in [-0.25, -0.2) is 4.68 Å². The molecule has 1 fully saturated rings. The lowest BCUT2D eigenvalue weighted by Crippen LogP contribution is -2.02. The Kier molecular flexibility index (Phi) is 2.37. The van der Waals surface area contributed by atoms with Gasteiger partial charge in [-0.3, -0.25) is 0 Å². The van der Waals surface area contributed by atoms with Crippen molar-refractivity contribution in [1.82, 2.24) is 9.78 Å². The molecule has 2 aromatic rings. The number of benzene rings is 1. The molecule has 1 aliphatic rings. The Hall–Kier alpha value is -1.81. The highest BCUT2D eigenvalue weighted by molar-refractivity contribution is 5.40. The van der Waals surface area contributed by atoms with Crippen molar-refractivity contribution in [3.8, 4) is 11.4 Å². The maximum atomic E-state index is 9.52. The van der Waals surface area contributed by atoms with Crippen molar-refractivity contribution in [2.24, 2.45) is 5.73 Å². The zero-order valence-electron chi connectivity index (χ0n) is 9.50. The van der Waals surface area contributed by atoms with Gasteiger partial charge in [0, 0.05) is 24.2 Å². The second kappa shape index (κ2) is 3.89. The van der Waals surface area contributed by atoms with Gasteiger partial charge < -0.3 is 10.8 Å². The van der Waals surface area contributed by atoms with Crippen LogP contribution in [0, 0.1) is 0 Å². The van der Waals surface area contributed by atoms with Gasteiger partial charge in [0.25, 0.3) is 0 Å². The van der Waals surface area contributed by atoms with Crippen LogP contribution in [0.25, 0.3) is 5.69 Å². The summed E-state index contributed by atoms with van der Waals surface area (Å²) in [5.74, 6) is 0.860. The van der Waals surface area contributed by atoms with E-state index in [9.17, 15) is 5.11 Å². The van der Waals surface area contributed by atoms with Crippen molar-refractivity contribution in [2.75, 3.05) is 0 Å². The number of phenolic OH excluding ortho intramolecular Hbond substituents is 1. The molecule has 0 spiro atoms. The Bertz CT molecular complexity index is 543. The normalized spacial score (nSPS) is 15.1. The standard InChI is InChI=1S/C13H15N3O/c14-8-10-6-13(9-4-5-9)16(15-10)11-2-1-3-12(17)7-11/h1-3,6-7,9,17H,4-5,8,14H2. The average Bonchev–Trinajstić information content (AvgIpc) is 3.08. The number of aromatic nitrogens is 2. The van der Waals surface area contributed by atoms with E-state index >= 15 is 0 Å². The van der Waals surface area contributed by atoms with Crippen molar-refractivity contribution in [1.29, 1.82) is 0 Å². The minimum absolute atomic E-state index is 0.258. The van der Waals surface area contributed by atoms with Crippen LogP contribution in [0.15, 0.2) is 30.3 Å². The molecule has 4 nitrogen and oxygen atoms in total. The summed E-state index contributed by atoms with van der Waals surface area (Å²) >= 11 is 0. The number of phenols is 1. The lowest BCUT2D eigenvalue weighted by molar-refractivity contribution is 0.474. The summed E-state index contributed by atoms with van der Waals surface area (Å²) in [7, 11) is 0. The summed E-state index contributed by atoms with van der Waals surface area (Å²) in [5, 5.41) is 14.0. The fourth-order valence-corrected chi connectivity index (χ4v) is 2.05. The molecule has 3 rings (SSSR count). The number of nitrogens with zero attached hydrogens (tertiary/aromatic N) is 2. The fraction of sp³-hybridized carbons (Fsp3) is 0.308. The van der Waals surface area contributed by atoms with E-state index < -0.39 is 0 Å². The highest BCUT2D eigenvalue weighted by Crippen LogP contribution is 2.41. The maximum absolute atomic E-state index is 9.52. The maximum Gasteiger partial charge on any atom is 0.117 e. The first kappa shape index (κ1) is 10.4. The van der Waals surface area contributed by atoms with Gasteiger partial charge in [-0.1, -0.05) is 6.07 Å². The van der Waals surface area contributed by atoms with Gasteiger partial charge in [0.2, 0.25) is 0 Å². The minimum Gasteiger partial charge on any atom is -0.508 e. The molecular weight excluding hydrogens is 214 g/mol. The molecule has 1 saturated carbocycles. The van der Waals surface area contributed by atoms with Crippen molar-refractivity contribution >= 4 is 0 Å². The molecule has 1 heterocycles. The van der Waals surface area contributed by atoms with E-state index in [2.05, 4.69) is 11.2 Å². The van der Waals surface area contributed by atoms with E-state index in [4.69, 9.17) is 5.73 Å². The lowest BCUT2D eigenvalue weighted by Gasteiger charge is -2.06. The molecule has 1 aromatic heterocycles. The van der Waals surface area contributed by atoms with Gasteiger partial charge in [-0.05, 0) is 31.0 Å². The third kappa shape index (κ3) is 1.91. The van der Waals surface area contributed by atoms with E-state index in [0.29, 0.717) is 12.5 Å². The van der Waals surface area contributed by atoms with Crippen LogP contribution in [0.4, 0.5) is 0 Å². The SMILES string of the molecule is NCc1cc(C2CC2)n(-c2cccc(O)c2)n1. The largest absolute Gasteiger partial charge is 0.508 e. The van der Waals surface area contributed by atoms with Gasteiger partial charge >= 0.3 is 0 Å². The highest BCUT2D eigenvalue weighted by atomic mass is 16.3. The second-order valence-electron chi connectivity index (χ2n) is 4.47. The summed E-state index contributed by atoms with van der Waals surface area (Å²) in [5.41, 5.74) is 8.63. The molecule has 1 aliphatic carbocycles. The topological polar surface area (TPSA) is 64.1 Å². The number of nitrogens with two attached hydrogens (primary N) is 1. The summed E-state index contributed by atoms with van der Waals surface area (Å²) < 4.78 is 1.90. The minimum atomic E-state index is 0.258. The lowest BCUT2D eigenvalue weighted by atomic mass is 10.2. The van der Waals surface area contributed by atoms with E-state index in [1.807, 2.05) is 16.8 Å². The van der Waals surface area contributed by atoms with Crippen LogP contribution >= 0.6 is 0 Å². The Labute approximate surface area is 99.7 Å². The molecule has 0 radical (unpaired) electrons. The predicted molar refractivity (Wildman–Crippen MR) is 65.1 cm³/mol. The summed E-state index contributed by atoms with van der Waals surface area (Å²) in [4.78, 5) is 0.